The molecule has 4 rings (SSSR count). The first-order valence-electron chi connectivity index (χ1n) is 8.57. The Kier molecular flexibility index (Phi) is 4.17. The number of imidazole rings is 1. The lowest BCUT2D eigenvalue weighted by Gasteiger charge is -2.18. The summed E-state index contributed by atoms with van der Waals surface area (Å²) in [5.74, 6) is 0. The summed E-state index contributed by atoms with van der Waals surface area (Å²) in [6.45, 7) is 2.22. The third kappa shape index (κ3) is 2.99. The van der Waals surface area contributed by atoms with Gasteiger partial charge in [0.2, 0.25) is 0 Å². The summed E-state index contributed by atoms with van der Waals surface area (Å²) in [5.41, 5.74) is 5.77. The van der Waals surface area contributed by atoms with E-state index in [0.29, 0.717) is 0 Å². The van der Waals surface area contributed by atoms with Crippen molar-refractivity contribution in [1.29, 1.82) is 0 Å². The molecule has 0 radical (unpaired) electrons. The maximum Gasteiger partial charge on any atom is 0.0964 e. The average Bonchev–Trinajstić information content (AvgIpc) is 3.14. The van der Waals surface area contributed by atoms with E-state index in [1.807, 2.05) is 18.5 Å². The van der Waals surface area contributed by atoms with Gasteiger partial charge in [0.15, 0.2) is 0 Å². The van der Waals surface area contributed by atoms with E-state index in [-0.39, 0.29) is 6.04 Å². The van der Waals surface area contributed by atoms with Crippen molar-refractivity contribution in [2.24, 2.45) is 0 Å². The molecule has 0 spiro atoms. The Hall–Kier alpha value is -3.13. The van der Waals surface area contributed by atoms with Crippen molar-refractivity contribution in [2.45, 2.75) is 13.0 Å². The molecule has 0 saturated carbocycles. The summed E-state index contributed by atoms with van der Waals surface area (Å²) >= 11 is 0. The lowest BCUT2D eigenvalue weighted by atomic mass is 10.0. The van der Waals surface area contributed by atoms with Crippen LogP contribution < -0.4 is 0 Å². The van der Waals surface area contributed by atoms with Crippen molar-refractivity contribution in [3.05, 3.63) is 103 Å². The first-order valence-corrected chi connectivity index (χ1v) is 8.57. The summed E-state index contributed by atoms with van der Waals surface area (Å²) < 4.78 is 2.27. The summed E-state index contributed by atoms with van der Waals surface area (Å²) in [5, 5.41) is 0. The number of benzene rings is 3. The summed E-state index contributed by atoms with van der Waals surface area (Å²) in [7, 11) is 0. The van der Waals surface area contributed by atoms with Gasteiger partial charge in [0.1, 0.15) is 0 Å². The molecule has 0 bridgehead atoms. The minimum atomic E-state index is 0.210. The van der Waals surface area contributed by atoms with Crippen LogP contribution in [0, 0.1) is 0 Å². The van der Waals surface area contributed by atoms with Gasteiger partial charge in [-0.15, -0.1) is 0 Å². The van der Waals surface area contributed by atoms with Crippen molar-refractivity contribution in [2.75, 3.05) is 0 Å². The number of hydrogen-bond acceptors (Lipinski definition) is 1. The molecule has 4 aromatic rings. The molecule has 0 aliphatic rings. The van der Waals surface area contributed by atoms with Crippen LogP contribution in [-0.2, 0) is 0 Å². The predicted octanol–water partition coefficient (Wildman–Crippen LogP) is 5.83. The molecule has 0 unspecified atom stereocenters. The van der Waals surface area contributed by atoms with Gasteiger partial charge in [-0.1, -0.05) is 91.0 Å². The van der Waals surface area contributed by atoms with E-state index >= 15 is 0 Å². The van der Waals surface area contributed by atoms with E-state index in [1.54, 1.807) is 0 Å². The predicted molar refractivity (Wildman–Crippen MR) is 103 cm³/mol. The van der Waals surface area contributed by atoms with Crippen molar-refractivity contribution in [3.63, 3.8) is 0 Å². The number of rotatable bonds is 4. The molecule has 2 heteroatoms. The fraction of sp³-hybridized carbons (Fsp3) is 0.0870. The SMILES string of the molecule is C[C@@H](c1ccccc1)n1cnc(-c2ccccc2)c1-c1ccccc1. The molecule has 0 aliphatic carbocycles. The van der Waals surface area contributed by atoms with E-state index in [2.05, 4.69) is 90.4 Å². The van der Waals surface area contributed by atoms with E-state index < -0.39 is 0 Å². The first kappa shape index (κ1) is 15.4. The summed E-state index contributed by atoms with van der Waals surface area (Å²) in [6, 6.07) is 31.7. The zero-order valence-corrected chi connectivity index (χ0v) is 14.2. The monoisotopic (exact) mass is 324 g/mol. The normalized spacial score (nSPS) is 12.0. The first-order chi connectivity index (χ1) is 12.3. The Labute approximate surface area is 148 Å². The molecule has 25 heavy (non-hydrogen) atoms. The van der Waals surface area contributed by atoms with Crippen LogP contribution in [-0.4, -0.2) is 9.55 Å². The molecule has 0 aliphatic heterocycles. The third-order valence-electron chi connectivity index (χ3n) is 4.59. The molecule has 0 N–H and O–H groups in total. The molecule has 122 valence electrons. The van der Waals surface area contributed by atoms with Crippen LogP contribution in [0.2, 0.25) is 0 Å². The fourth-order valence-electron chi connectivity index (χ4n) is 3.24. The van der Waals surface area contributed by atoms with Crippen LogP contribution in [0.15, 0.2) is 97.3 Å². The van der Waals surface area contributed by atoms with Gasteiger partial charge in [0.25, 0.3) is 0 Å². The van der Waals surface area contributed by atoms with Gasteiger partial charge in [0, 0.05) is 11.1 Å². The highest BCUT2D eigenvalue weighted by Gasteiger charge is 2.18. The molecule has 1 aromatic heterocycles. The highest BCUT2D eigenvalue weighted by molar-refractivity contribution is 5.78. The average molecular weight is 324 g/mol. The van der Waals surface area contributed by atoms with Crippen molar-refractivity contribution >= 4 is 0 Å². The van der Waals surface area contributed by atoms with E-state index in [9.17, 15) is 0 Å². The van der Waals surface area contributed by atoms with Crippen LogP contribution in [0.1, 0.15) is 18.5 Å². The number of nitrogens with zero attached hydrogens (tertiary/aromatic N) is 2. The second-order valence-corrected chi connectivity index (χ2v) is 6.17. The smallest absolute Gasteiger partial charge is 0.0964 e. The largest absolute Gasteiger partial charge is 0.323 e. The van der Waals surface area contributed by atoms with Crippen LogP contribution in [0.25, 0.3) is 22.5 Å². The fourth-order valence-corrected chi connectivity index (χ4v) is 3.24. The standard InChI is InChI=1S/C23H20N2/c1-18(19-11-5-2-6-12-19)25-17-24-22(20-13-7-3-8-14-20)23(25)21-15-9-4-10-16-21/h2-18H,1H3/t18-/m0/s1. The zero-order valence-electron chi connectivity index (χ0n) is 14.2. The summed E-state index contributed by atoms with van der Waals surface area (Å²) in [4.78, 5) is 4.77. The van der Waals surface area contributed by atoms with Gasteiger partial charge >= 0.3 is 0 Å². The van der Waals surface area contributed by atoms with Gasteiger partial charge < -0.3 is 4.57 Å². The summed E-state index contributed by atoms with van der Waals surface area (Å²) in [6.07, 6.45) is 1.96. The van der Waals surface area contributed by atoms with Crippen molar-refractivity contribution in [1.82, 2.24) is 9.55 Å². The van der Waals surface area contributed by atoms with Crippen LogP contribution >= 0.6 is 0 Å². The molecule has 2 nitrogen and oxygen atoms in total. The molecule has 1 atom stereocenters. The maximum atomic E-state index is 4.77. The van der Waals surface area contributed by atoms with Gasteiger partial charge in [-0.25, -0.2) is 4.98 Å². The Morgan fingerprint density at radius 2 is 1.20 bits per heavy atom. The van der Waals surface area contributed by atoms with Gasteiger partial charge in [-0.3, -0.25) is 0 Å². The minimum Gasteiger partial charge on any atom is -0.323 e. The highest BCUT2D eigenvalue weighted by atomic mass is 15.1. The Bertz CT molecular complexity index is 941. The molecule has 3 aromatic carbocycles. The van der Waals surface area contributed by atoms with Gasteiger partial charge in [0.05, 0.1) is 23.8 Å². The molecular formula is C23H20N2. The number of aromatic nitrogens is 2. The Morgan fingerprint density at radius 3 is 1.80 bits per heavy atom. The third-order valence-corrected chi connectivity index (χ3v) is 4.59. The van der Waals surface area contributed by atoms with Crippen molar-refractivity contribution < 1.29 is 0 Å². The molecule has 1 heterocycles. The topological polar surface area (TPSA) is 17.8 Å². The van der Waals surface area contributed by atoms with Crippen molar-refractivity contribution in [3.8, 4) is 22.5 Å². The van der Waals surface area contributed by atoms with Crippen LogP contribution in [0.4, 0.5) is 0 Å². The van der Waals surface area contributed by atoms with Gasteiger partial charge in [-0.05, 0) is 12.5 Å². The Morgan fingerprint density at radius 1 is 0.680 bits per heavy atom. The molecule has 0 fully saturated rings. The van der Waals surface area contributed by atoms with Crippen LogP contribution in [0.3, 0.4) is 0 Å². The van der Waals surface area contributed by atoms with E-state index in [1.165, 1.54) is 11.1 Å². The van der Waals surface area contributed by atoms with E-state index in [4.69, 9.17) is 4.98 Å². The maximum absolute atomic E-state index is 4.77. The second kappa shape index (κ2) is 6.78. The second-order valence-electron chi connectivity index (χ2n) is 6.17. The lowest BCUT2D eigenvalue weighted by Crippen LogP contribution is -2.07. The zero-order chi connectivity index (χ0) is 17.1. The minimum absolute atomic E-state index is 0.210. The quantitative estimate of drug-likeness (QED) is 0.462. The highest BCUT2D eigenvalue weighted by Crippen LogP contribution is 2.34. The molecule has 0 amide bonds. The lowest BCUT2D eigenvalue weighted by molar-refractivity contribution is 0.644. The number of hydrogen-bond donors (Lipinski definition) is 0. The van der Waals surface area contributed by atoms with Crippen LogP contribution in [0.5, 0.6) is 0 Å². The van der Waals surface area contributed by atoms with E-state index in [0.717, 1.165) is 17.0 Å². The molecular weight excluding hydrogens is 304 g/mol. The van der Waals surface area contributed by atoms with Gasteiger partial charge in [-0.2, -0.15) is 0 Å². The Balaban J connectivity index is 1.90. The molecule has 0 saturated heterocycles.